The van der Waals surface area contributed by atoms with E-state index in [4.69, 9.17) is 4.74 Å². The van der Waals surface area contributed by atoms with E-state index in [-0.39, 0.29) is 17.7 Å². The van der Waals surface area contributed by atoms with Crippen LogP contribution in [-0.4, -0.2) is 56.0 Å². The number of hydrogen-bond acceptors (Lipinski definition) is 4. The number of benzene rings is 1. The summed E-state index contributed by atoms with van der Waals surface area (Å²) >= 11 is 0. The third kappa shape index (κ3) is 6.14. The standard InChI is InChI=1S/C25H39N3O3/c1-18(2)17-21(26-24(29)20-11-9-19(3)10-12-20)25(30)28-15-13-27(14-16-28)22-7-5-6-8-23(22)31-4/h5-8,18-21H,9-17H2,1-4H3,(H,26,29)/t19?,20?,21-/m0/s1. The average molecular weight is 430 g/mol. The molecule has 0 radical (unpaired) electrons. The molecule has 1 aromatic rings. The summed E-state index contributed by atoms with van der Waals surface area (Å²) < 4.78 is 5.49. The number of nitrogens with one attached hydrogen (secondary N) is 1. The van der Waals surface area contributed by atoms with Crippen molar-refractivity contribution in [1.82, 2.24) is 10.2 Å². The number of methoxy groups -OCH3 is 1. The molecule has 0 unspecified atom stereocenters. The Balaban J connectivity index is 1.59. The number of rotatable bonds is 7. The van der Waals surface area contributed by atoms with Crippen molar-refractivity contribution >= 4 is 17.5 Å². The minimum Gasteiger partial charge on any atom is -0.495 e. The molecule has 0 bridgehead atoms. The van der Waals surface area contributed by atoms with Crippen LogP contribution < -0.4 is 15.0 Å². The molecule has 1 heterocycles. The average Bonchev–Trinajstić information content (AvgIpc) is 2.78. The molecule has 0 spiro atoms. The lowest BCUT2D eigenvalue weighted by Crippen LogP contribution is -2.56. The van der Waals surface area contributed by atoms with Crippen LogP contribution in [0.3, 0.4) is 0 Å². The number of carbonyl (C=O) groups excluding carboxylic acids is 2. The van der Waals surface area contributed by atoms with E-state index >= 15 is 0 Å². The predicted octanol–water partition coefficient (Wildman–Crippen LogP) is 3.70. The molecule has 2 fully saturated rings. The number of ether oxygens (including phenoxy) is 1. The van der Waals surface area contributed by atoms with E-state index in [9.17, 15) is 9.59 Å². The number of para-hydroxylation sites is 2. The second-order valence-electron chi connectivity index (χ2n) is 9.63. The zero-order valence-electron chi connectivity index (χ0n) is 19.6. The third-order valence-corrected chi connectivity index (χ3v) is 6.73. The van der Waals surface area contributed by atoms with Crippen molar-refractivity contribution in [2.75, 3.05) is 38.2 Å². The summed E-state index contributed by atoms with van der Waals surface area (Å²) in [5.74, 6) is 2.09. The zero-order valence-corrected chi connectivity index (χ0v) is 19.6. The van der Waals surface area contributed by atoms with E-state index in [0.717, 1.165) is 50.2 Å². The molecule has 1 aliphatic heterocycles. The van der Waals surface area contributed by atoms with E-state index in [0.29, 0.717) is 31.3 Å². The molecule has 0 aromatic heterocycles. The summed E-state index contributed by atoms with van der Waals surface area (Å²) in [5.41, 5.74) is 1.07. The highest BCUT2D eigenvalue weighted by atomic mass is 16.5. The number of piperazine rings is 1. The van der Waals surface area contributed by atoms with Gasteiger partial charge in [0.05, 0.1) is 12.8 Å². The van der Waals surface area contributed by atoms with Crippen molar-refractivity contribution in [2.45, 2.75) is 58.9 Å². The summed E-state index contributed by atoms with van der Waals surface area (Å²) in [7, 11) is 1.69. The van der Waals surface area contributed by atoms with E-state index in [1.54, 1.807) is 7.11 Å². The smallest absolute Gasteiger partial charge is 0.245 e. The fourth-order valence-electron chi connectivity index (χ4n) is 4.78. The summed E-state index contributed by atoms with van der Waals surface area (Å²) in [6.45, 7) is 9.29. The van der Waals surface area contributed by atoms with Gasteiger partial charge in [0.1, 0.15) is 11.8 Å². The predicted molar refractivity (Wildman–Crippen MR) is 124 cm³/mol. The highest BCUT2D eigenvalue weighted by Gasteiger charge is 2.32. The zero-order chi connectivity index (χ0) is 22.4. The minimum absolute atomic E-state index is 0.0565. The van der Waals surface area contributed by atoms with Gasteiger partial charge >= 0.3 is 0 Å². The first-order valence-corrected chi connectivity index (χ1v) is 11.9. The van der Waals surface area contributed by atoms with Crippen LogP contribution in [0.5, 0.6) is 5.75 Å². The Morgan fingerprint density at radius 3 is 2.32 bits per heavy atom. The third-order valence-electron chi connectivity index (χ3n) is 6.73. The second kappa shape index (κ2) is 10.9. The minimum atomic E-state index is -0.426. The van der Waals surface area contributed by atoms with Gasteiger partial charge in [0, 0.05) is 32.1 Å². The Kier molecular flexibility index (Phi) is 8.22. The number of amides is 2. The van der Waals surface area contributed by atoms with Crippen LogP contribution in [0, 0.1) is 17.8 Å². The van der Waals surface area contributed by atoms with Crippen LogP contribution in [-0.2, 0) is 9.59 Å². The maximum atomic E-state index is 13.3. The van der Waals surface area contributed by atoms with Crippen LogP contribution in [0.25, 0.3) is 0 Å². The molecule has 6 heteroatoms. The summed E-state index contributed by atoms with van der Waals surface area (Å²) in [5, 5.41) is 3.13. The van der Waals surface area contributed by atoms with E-state index in [2.05, 4.69) is 37.1 Å². The summed E-state index contributed by atoms with van der Waals surface area (Å²) in [4.78, 5) is 30.4. The van der Waals surface area contributed by atoms with Gasteiger partial charge < -0.3 is 19.9 Å². The van der Waals surface area contributed by atoms with Gasteiger partial charge in [0.2, 0.25) is 11.8 Å². The highest BCUT2D eigenvalue weighted by molar-refractivity contribution is 5.88. The first-order valence-electron chi connectivity index (χ1n) is 11.9. The summed E-state index contributed by atoms with van der Waals surface area (Å²) in [6.07, 6.45) is 4.76. The maximum Gasteiger partial charge on any atom is 0.245 e. The topological polar surface area (TPSA) is 61.9 Å². The Morgan fingerprint density at radius 1 is 1.06 bits per heavy atom. The molecule has 6 nitrogen and oxygen atoms in total. The van der Waals surface area contributed by atoms with E-state index in [1.807, 2.05) is 23.1 Å². The van der Waals surface area contributed by atoms with Crippen molar-refractivity contribution in [3.8, 4) is 5.75 Å². The van der Waals surface area contributed by atoms with Gasteiger partial charge in [-0.25, -0.2) is 0 Å². The quantitative estimate of drug-likeness (QED) is 0.718. The molecule has 172 valence electrons. The Morgan fingerprint density at radius 2 is 1.71 bits per heavy atom. The van der Waals surface area contributed by atoms with Gasteiger partial charge in [-0.15, -0.1) is 0 Å². The van der Waals surface area contributed by atoms with Crippen LogP contribution >= 0.6 is 0 Å². The fourth-order valence-corrected chi connectivity index (χ4v) is 4.78. The summed E-state index contributed by atoms with van der Waals surface area (Å²) in [6, 6.07) is 7.57. The lowest BCUT2D eigenvalue weighted by atomic mass is 9.82. The van der Waals surface area contributed by atoms with Gasteiger partial charge in [-0.1, -0.05) is 32.9 Å². The molecule has 1 N–H and O–H groups in total. The largest absolute Gasteiger partial charge is 0.495 e. The Bertz CT molecular complexity index is 735. The molecule has 1 atom stereocenters. The van der Waals surface area contributed by atoms with Gasteiger partial charge in [-0.3, -0.25) is 9.59 Å². The van der Waals surface area contributed by atoms with Crippen LogP contribution in [0.4, 0.5) is 5.69 Å². The van der Waals surface area contributed by atoms with Crippen LogP contribution in [0.1, 0.15) is 52.9 Å². The van der Waals surface area contributed by atoms with Gasteiger partial charge in [0.15, 0.2) is 0 Å². The normalized spacial score (nSPS) is 22.9. The fraction of sp³-hybridized carbons (Fsp3) is 0.680. The first kappa shape index (κ1) is 23.4. The van der Waals surface area contributed by atoms with Crippen molar-refractivity contribution in [3.63, 3.8) is 0 Å². The second-order valence-corrected chi connectivity index (χ2v) is 9.63. The maximum absolute atomic E-state index is 13.3. The molecule has 1 saturated heterocycles. The van der Waals surface area contributed by atoms with Crippen molar-refractivity contribution in [3.05, 3.63) is 24.3 Å². The molecule has 1 aliphatic carbocycles. The molecule has 1 aromatic carbocycles. The van der Waals surface area contributed by atoms with Crippen molar-refractivity contribution in [2.24, 2.45) is 17.8 Å². The lowest BCUT2D eigenvalue weighted by Gasteiger charge is -2.38. The van der Waals surface area contributed by atoms with Gasteiger partial charge in [-0.05, 0) is 56.1 Å². The molecular formula is C25H39N3O3. The van der Waals surface area contributed by atoms with Gasteiger partial charge in [0.25, 0.3) is 0 Å². The molecule has 1 saturated carbocycles. The Hall–Kier alpha value is -2.24. The van der Waals surface area contributed by atoms with Gasteiger partial charge in [-0.2, -0.15) is 0 Å². The number of nitrogens with zero attached hydrogens (tertiary/aromatic N) is 2. The van der Waals surface area contributed by atoms with Crippen molar-refractivity contribution in [1.29, 1.82) is 0 Å². The molecule has 2 amide bonds. The SMILES string of the molecule is COc1ccccc1N1CCN(C(=O)[C@H](CC(C)C)NC(=O)C2CCC(C)CC2)CC1. The first-order chi connectivity index (χ1) is 14.9. The van der Waals surface area contributed by atoms with E-state index < -0.39 is 6.04 Å². The monoisotopic (exact) mass is 429 g/mol. The number of anilines is 1. The van der Waals surface area contributed by atoms with Crippen LogP contribution in [0.15, 0.2) is 24.3 Å². The van der Waals surface area contributed by atoms with E-state index in [1.165, 1.54) is 0 Å². The van der Waals surface area contributed by atoms with Crippen molar-refractivity contribution < 1.29 is 14.3 Å². The molecule has 2 aliphatic rings. The number of hydrogen-bond donors (Lipinski definition) is 1. The number of carbonyl (C=O) groups is 2. The molecule has 3 rings (SSSR count). The Labute approximate surface area is 187 Å². The van der Waals surface area contributed by atoms with Crippen LogP contribution in [0.2, 0.25) is 0 Å². The lowest BCUT2D eigenvalue weighted by molar-refractivity contribution is -0.138. The molecular weight excluding hydrogens is 390 g/mol. The molecule has 31 heavy (non-hydrogen) atoms. The highest BCUT2D eigenvalue weighted by Crippen LogP contribution is 2.30.